The summed E-state index contributed by atoms with van der Waals surface area (Å²) in [6.07, 6.45) is 3.79. The number of hydrogen-bond acceptors (Lipinski definition) is 3. The van der Waals surface area contributed by atoms with Gasteiger partial charge in [0.15, 0.2) is 0 Å². The van der Waals surface area contributed by atoms with Crippen molar-refractivity contribution in [2.75, 3.05) is 13.2 Å². The van der Waals surface area contributed by atoms with Gasteiger partial charge in [-0.15, -0.1) is 0 Å². The first-order valence-corrected chi connectivity index (χ1v) is 5.60. The summed E-state index contributed by atoms with van der Waals surface area (Å²) >= 11 is 0. The maximum absolute atomic E-state index is 9.12. The largest absolute Gasteiger partial charge is 0.393 e. The van der Waals surface area contributed by atoms with Crippen LogP contribution < -0.4 is 5.73 Å². The van der Waals surface area contributed by atoms with Crippen molar-refractivity contribution in [2.45, 2.75) is 51.2 Å². The molecular weight excluding hydrogens is 178 g/mol. The Kier molecular flexibility index (Phi) is 4.35. The van der Waals surface area contributed by atoms with Crippen LogP contribution in [0.25, 0.3) is 0 Å². The van der Waals surface area contributed by atoms with Gasteiger partial charge in [-0.25, -0.2) is 0 Å². The highest BCUT2D eigenvalue weighted by molar-refractivity contribution is 4.90. The fraction of sp³-hybridized carbons (Fsp3) is 1.00. The van der Waals surface area contributed by atoms with Crippen LogP contribution in [0.5, 0.6) is 0 Å². The molecule has 0 aromatic carbocycles. The maximum atomic E-state index is 9.12. The molecule has 0 aromatic heterocycles. The van der Waals surface area contributed by atoms with Gasteiger partial charge in [0.25, 0.3) is 0 Å². The normalized spacial score (nSPS) is 34.7. The van der Waals surface area contributed by atoms with Gasteiger partial charge in [-0.05, 0) is 38.5 Å². The molecule has 0 heterocycles. The Morgan fingerprint density at radius 1 is 1.64 bits per heavy atom. The van der Waals surface area contributed by atoms with Crippen molar-refractivity contribution in [3.8, 4) is 0 Å². The summed E-state index contributed by atoms with van der Waals surface area (Å²) in [5.41, 5.74) is 5.67. The molecule has 1 rings (SSSR count). The lowest BCUT2D eigenvalue weighted by Crippen LogP contribution is -2.38. The highest BCUT2D eigenvalue weighted by atomic mass is 16.5. The predicted octanol–water partition coefficient (Wildman–Crippen LogP) is 1.29. The van der Waals surface area contributed by atoms with Crippen LogP contribution in [-0.2, 0) is 4.74 Å². The van der Waals surface area contributed by atoms with Gasteiger partial charge < -0.3 is 15.6 Å². The number of hydrogen-bond donors (Lipinski definition) is 2. The van der Waals surface area contributed by atoms with E-state index in [1.807, 2.05) is 0 Å². The molecule has 14 heavy (non-hydrogen) atoms. The van der Waals surface area contributed by atoms with E-state index in [2.05, 4.69) is 6.92 Å². The van der Waals surface area contributed by atoms with Crippen LogP contribution in [0.3, 0.4) is 0 Å². The molecule has 84 valence electrons. The van der Waals surface area contributed by atoms with Crippen LogP contribution in [0.1, 0.15) is 39.5 Å². The molecule has 3 unspecified atom stereocenters. The molecule has 0 radical (unpaired) electrons. The molecule has 1 saturated carbocycles. The second kappa shape index (κ2) is 5.10. The molecule has 0 bridgehead atoms. The molecule has 0 amide bonds. The van der Waals surface area contributed by atoms with Crippen LogP contribution in [0, 0.1) is 5.92 Å². The van der Waals surface area contributed by atoms with Crippen molar-refractivity contribution in [2.24, 2.45) is 11.7 Å². The molecule has 0 spiro atoms. The predicted molar refractivity (Wildman–Crippen MR) is 57.1 cm³/mol. The first-order chi connectivity index (χ1) is 6.58. The van der Waals surface area contributed by atoms with E-state index in [9.17, 15) is 0 Å². The Bertz CT molecular complexity index is 173. The van der Waals surface area contributed by atoms with Crippen molar-refractivity contribution in [3.05, 3.63) is 0 Å². The van der Waals surface area contributed by atoms with Crippen LogP contribution >= 0.6 is 0 Å². The summed E-state index contributed by atoms with van der Waals surface area (Å²) in [5, 5.41) is 9.12. The van der Waals surface area contributed by atoms with Crippen molar-refractivity contribution >= 4 is 0 Å². The third kappa shape index (κ3) is 3.23. The highest BCUT2D eigenvalue weighted by Gasteiger charge is 2.36. The topological polar surface area (TPSA) is 55.5 Å². The number of rotatable bonds is 5. The van der Waals surface area contributed by atoms with E-state index < -0.39 is 0 Å². The van der Waals surface area contributed by atoms with Crippen molar-refractivity contribution in [3.63, 3.8) is 0 Å². The average molecular weight is 201 g/mol. The van der Waals surface area contributed by atoms with E-state index in [1.165, 1.54) is 6.42 Å². The fourth-order valence-corrected chi connectivity index (χ4v) is 2.17. The second-order valence-electron chi connectivity index (χ2n) is 4.72. The first kappa shape index (κ1) is 12.0. The fourth-order valence-electron chi connectivity index (χ4n) is 2.17. The quantitative estimate of drug-likeness (QED) is 0.704. The number of aliphatic hydroxyl groups is 1. The summed E-state index contributed by atoms with van der Waals surface area (Å²) in [5.74, 6) is 0.727. The summed E-state index contributed by atoms with van der Waals surface area (Å²) in [7, 11) is 0. The van der Waals surface area contributed by atoms with E-state index >= 15 is 0 Å². The van der Waals surface area contributed by atoms with Crippen molar-refractivity contribution < 1.29 is 9.84 Å². The van der Waals surface area contributed by atoms with Gasteiger partial charge in [-0.3, -0.25) is 0 Å². The second-order valence-corrected chi connectivity index (χ2v) is 4.72. The molecule has 3 nitrogen and oxygen atoms in total. The summed E-state index contributed by atoms with van der Waals surface area (Å²) < 4.78 is 5.84. The molecule has 1 aliphatic carbocycles. The summed E-state index contributed by atoms with van der Waals surface area (Å²) in [6, 6.07) is 0. The Morgan fingerprint density at radius 2 is 2.36 bits per heavy atom. The van der Waals surface area contributed by atoms with E-state index in [0.29, 0.717) is 19.6 Å². The van der Waals surface area contributed by atoms with Gasteiger partial charge >= 0.3 is 0 Å². The van der Waals surface area contributed by atoms with E-state index in [0.717, 1.165) is 18.8 Å². The molecular formula is C11H23NO2. The van der Waals surface area contributed by atoms with Gasteiger partial charge in [0.1, 0.15) is 0 Å². The molecule has 3 atom stereocenters. The maximum Gasteiger partial charge on any atom is 0.0806 e. The minimum absolute atomic E-state index is 0.0890. The van der Waals surface area contributed by atoms with Crippen LogP contribution in [0.15, 0.2) is 0 Å². The van der Waals surface area contributed by atoms with Crippen LogP contribution in [0.4, 0.5) is 0 Å². The minimum atomic E-state index is -0.274. The Hall–Kier alpha value is -0.120. The van der Waals surface area contributed by atoms with Gasteiger partial charge in [-0.1, -0.05) is 6.92 Å². The molecule has 1 fully saturated rings. The minimum Gasteiger partial charge on any atom is -0.393 e. The zero-order valence-corrected chi connectivity index (χ0v) is 9.33. The zero-order valence-electron chi connectivity index (χ0n) is 9.33. The zero-order chi connectivity index (χ0) is 10.6. The Morgan fingerprint density at radius 3 is 2.79 bits per heavy atom. The standard InChI is InChI=1S/C11H23NO2/c1-9-3-5-11(7-9,8-12)14-6-4-10(2)13/h9-10,13H,3-8,12H2,1-2H3. The molecule has 0 aromatic rings. The Balaban J connectivity index is 2.31. The van der Waals surface area contributed by atoms with Crippen molar-refractivity contribution in [1.29, 1.82) is 0 Å². The average Bonchev–Trinajstić information content (AvgIpc) is 2.48. The molecule has 0 saturated heterocycles. The van der Waals surface area contributed by atoms with Crippen LogP contribution in [-0.4, -0.2) is 30.0 Å². The van der Waals surface area contributed by atoms with Gasteiger partial charge in [0.05, 0.1) is 11.7 Å². The lowest BCUT2D eigenvalue weighted by Gasteiger charge is -2.28. The highest BCUT2D eigenvalue weighted by Crippen LogP contribution is 2.36. The monoisotopic (exact) mass is 201 g/mol. The van der Waals surface area contributed by atoms with E-state index in [1.54, 1.807) is 6.92 Å². The van der Waals surface area contributed by atoms with Crippen molar-refractivity contribution in [1.82, 2.24) is 0 Å². The van der Waals surface area contributed by atoms with Crippen LogP contribution in [0.2, 0.25) is 0 Å². The van der Waals surface area contributed by atoms with E-state index in [-0.39, 0.29) is 11.7 Å². The molecule has 3 heteroatoms. The summed E-state index contributed by atoms with van der Waals surface area (Å²) in [4.78, 5) is 0. The number of ether oxygens (including phenoxy) is 1. The third-order valence-corrected chi connectivity index (χ3v) is 3.13. The number of nitrogens with two attached hydrogens (primary N) is 1. The van der Waals surface area contributed by atoms with Gasteiger partial charge in [-0.2, -0.15) is 0 Å². The smallest absolute Gasteiger partial charge is 0.0806 e. The first-order valence-electron chi connectivity index (χ1n) is 5.60. The Labute approximate surface area is 86.6 Å². The SMILES string of the molecule is CC(O)CCOC1(CN)CCC(C)C1. The molecule has 1 aliphatic rings. The van der Waals surface area contributed by atoms with Gasteiger partial charge in [0.2, 0.25) is 0 Å². The molecule has 0 aliphatic heterocycles. The lowest BCUT2D eigenvalue weighted by atomic mass is 10.0. The summed E-state index contributed by atoms with van der Waals surface area (Å²) in [6.45, 7) is 5.27. The number of aliphatic hydroxyl groups excluding tert-OH is 1. The third-order valence-electron chi connectivity index (χ3n) is 3.13. The van der Waals surface area contributed by atoms with E-state index in [4.69, 9.17) is 15.6 Å². The van der Waals surface area contributed by atoms with Gasteiger partial charge in [0, 0.05) is 13.2 Å². The lowest BCUT2D eigenvalue weighted by molar-refractivity contribution is -0.0459. The molecule has 3 N–H and O–H groups in total.